The lowest BCUT2D eigenvalue weighted by Gasteiger charge is -2.31. The molecule has 88 valence electrons. The number of hydrogen-bond acceptors (Lipinski definition) is 4. The van der Waals surface area contributed by atoms with Crippen molar-refractivity contribution in [3.8, 4) is 0 Å². The summed E-state index contributed by atoms with van der Waals surface area (Å²) in [6.07, 6.45) is 2.71. The molecule has 0 bridgehead atoms. The molecule has 4 heteroatoms. The number of hydrogen-bond donors (Lipinski definition) is 1. The molecule has 3 rings (SSSR count). The van der Waals surface area contributed by atoms with Gasteiger partial charge in [0.1, 0.15) is 0 Å². The highest BCUT2D eigenvalue weighted by atomic mass is 32.1. The van der Waals surface area contributed by atoms with Crippen molar-refractivity contribution in [3.05, 3.63) is 16.1 Å². The fraction of sp³-hybridized carbons (Fsp3) is 0.750. The van der Waals surface area contributed by atoms with Crippen LogP contribution in [0.4, 0.5) is 0 Å². The number of piperazine rings is 1. The van der Waals surface area contributed by atoms with Crippen molar-refractivity contribution < 1.29 is 0 Å². The van der Waals surface area contributed by atoms with Gasteiger partial charge in [-0.3, -0.25) is 4.90 Å². The van der Waals surface area contributed by atoms with Crippen molar-refractivity contribution in [2.45, 2.75) is 38.3 Å². The average molecular weight is 237 g/mol. The number of rotatable bonds is 3. The number of nitrogens with one attached hydrogen (secondary N) is 1. The molecule has 0 radical (unpaired) electrons. The van der Waals surface area contributed by atoms with Crippen LogP contribution in [0.5, 0.6) is 0 Å². The first-order valence-electron chi connectivity index (χ1n) is 6.21. The quantitative estimate of drug-likeness (QED) is 0.869. The van der Waals surface area contributed by atoms with E-state index in [2.05, 4.69) is 22.1 Å². The highest BCUT2D eigenvalue weighted by Gasteiger charge is 2.29. The maximum absolute atomic E-state index is 4.54. The molecule has 1 aliphatic carbocycles. The lowest BCUT2D eigenvalue weighted by atomic mass is 10.2. The van der Waals surface area contributed by atoms with Crippen LogP contribution >= 0.6 is 11.3 Å². The van der Waals surface area contributed by atoms with Gasteiger partial charge in [0.15, 0.2) is 0 Å². The van der Waals surface area contributed by atoms with Crippen LogP contribution in [-0.2, 0) is 6.54 Å². The minimum Gasteiger partial charge on any atom is -0.312 e. The van der Waals surface area contributed by atoms with Crippen LogP contribution in [-0.4, -0.2) is 35.6 Å². The SMILES string of the molecule is CC1CN(Cc2scnc2C2CC2)CCN1. The Bertz CT molecular complexity index is 359. The Balaban J connectivity index is 1.66. The second-order valence-electron chi connectivity index (χ2n) is 5.03. The first-order valence-corrected chi connectivity index (χ1v) is 7.09. The van der Waals surface area contributed by atoms with Gasteiger partial charge in [0.25, 0.3) is 0 Å². The Kier molecular flexibility index (Phi) is 2.96. The highest BCUT2D eigenvalue weighted by Crippen LogP contribution is 2.42. The second kappa shape index (κ2) is 4.43. The Labute approximate surface area is 101 Å². The van der Waals surface area contributed by atoms with E-state index >= 15 is 0 Å². The summed E-state index contributed by atoms with van der Waals surface area (Å²) in [7, 11) is 0. The summed E-state index contributed by atoms with van der Waals surface area (Å²) in [5, 5.41) is 3.49. The Hall–Kier alpha value is -0.450. The highest BCUT2D eigenvalue weighted by molar-refractivity contribution is 7.09. The van der Waals surface area contributed by atoms with Crippen molar-refractivity contribution in [1.82, 2.24) is 15.2 Å². The molecule has 1 N–H and O–H groups in total. The van der Waals surface area contributed by atoms with Gasteiger partial charge < -0.3 is 5.32 Å². The van der Waals surface area contributed by atoms with Gasteiger partial charge in [-0.25, -0.2) is 4.98 Å². The zero-order valence-corrected chi connectivity index (χ0v) is 10.6. The van der Waals surface area contributed by atoms with Crippen molar-refractivity contribution in [3.63, 3.8) is 0 Å². The van der Waals surface area contributed by atoms with E-state index in [4.69, 9.17) is 0 Å². The van der Waals surface area contributed by atoms with Crippen LogP contribution in [0.15, 0.2) is 5.51 Å². The van der Waals surface area contributed by atoms with E-state index in [1.807, 2.05) is 16.8 Å². The minimum atomic E-state index is 0.631. The average Bonchev–Trinajstić information content (AvgIpc) is 3.00. The zero-order valence-electron chi connectivity index (χ0n) is 9.78. The normalized spacial score (nSPS) is 27.2. The maximum Gasteiger partial charge on any atom is 0.0798 e. The standard InChI is InChI=1S/C12H19N3S/c1-9-6-15(5-4-13-9)7-11-12(10-2-3-10)14-8-16-11/h8-10,13H,2-7H2,1H3. The lowest BCUT2D eigenvalue weighted by Crippen LogP contribution is -2.48. The summed E-state index contributed by atoms with van der Waals surface area (Å²) in [5.41, 5.74) is 3.42. The second-order valence-corrected chi connectivity index (χ2v) is 5.96. The molecule has 1 aromatic rings. The molecule has 0 spiro atoms. The summed E-state index contributed by atoms with van der Waals surface area (Å²) < 4.78 is 0. The monoisotopic (exact) mass is 237 g/mol. The maximum atomic E-state index is 4.54. The molecule has 3 nitrogen and oxygen atoms in total. The Morgan fingerprint density at radius 3 is 3.19 bits per heavy atom. The van der Waals surface area contributed by atoms with Gasteiger partial charge >= 0.3 is 0 Å². The molecule has 1 aliphatic heterocycles. The topological polar surface area (TPSA) is 28.2 Å². The predicted molar refractivity (Wildman–Crippen MR) is 66.8 cm³/mol. The molecule has 16 heavy (non-hydrogen) atoms. The molecule has 1 atom stereocenters. The van der Waals surface area contributed by atoms with Gasteiger partial charge in [0.05, 0.1) is 11.2 Å². The molecule has 1 unspecified atom stereocenters. The Morgan fingerprint density at radius 2 is 2.44 bits per heavy atom. The molecular weight excluding hydrogens is 218 g/mol. The van der Waals surface area contributed by atoms with Gasteiger partial charge in [0, 0.05) is 43.0 Å². The molecule has 2 heterocycles. The molecule has 2 fully saturated rings. The molecule has 0 amide bonds. The van der Waals surface area contributed by atoms with Crippen molar-refractivity contribution >= 4 is 11.3 Å². The molecule has 1 saturated heterocycles. The fourth-order valence-corrected chi connectivity index (χ4v) is 3.34. The van der Waals surface area contributed by atoms with Crippen LogP contribution in [0, 0.1) is 0 Å². The van der Waals surface area contributed by atoms with E-state index in [1.54, 1.807) is 0 Å². The molecule has 0 aromatic carbocycles. The summed E-state index contributed by atoms with van der Waals surface area (Å²) in [4.78, 5) is 8.61. The molecular formula is C12H19N3S. The third-order valence-corrected chi connectivity index (χ3v) is 4.29. The molecule has 2 aliphatic rings. The van der Waals surface area contributed by atoms with Gasteiger partial charge in [-0.1, -0.05) is 0 Å². The van der Waals surface area contributed by atoms with Crippen LogP contribution in [0.25, 0.3) is 0 Å². The summed E-state index contributed by atoms with van der Waals surface area (Å²) in [6, 6.07) is 0.631. The van der Waals surface area contributed by atoms with E-state index in [0.717, 1.165) is 19.0 Å². The zero-order chi connectivity index (χ0) is 11.0. The summed E-state index contributed by atoms with van der Waals surface area (Å²) in [5.74, 6) is 0.793. The Morgan fingerprint density at radius 1 is 1.56 bits per heavy atom. The van der Waals surface area contributed by atoms with E-state index in [9.17, 15) is 0 Å². The predicted octanol–water partition coefficient (Wildman–Crippen LogP) is 1.81. The van der Waals surface area contributed by atoms with Crippen molar-refractivity contribution in [2.24, 2.45) is 0 Å². The molecule has 1 aromatic heterocycles. The molecule has 1 saturated carbocycles. The fourth-order valence-electron chi connectivity index (χ4n) is 2.45. The van der Waals surface area contributed by atoms with Gasteiger partial charge in [-0.05, 0) is 19.8 Å². The third kappa shape index (κ3) is 2.29. The lowest BCUT2D eigenvalue weighted by molar-refractivity contribution is 0.200. The summed E-state index contributed by atoms with van der Waals surface area (Å²) >= 11 is 1.84. The van der Waals surface area contributed by atoms with Crippen LogP contribution in [0.1, 0.15) is 36.3 Å². The van der Waals surface area contributed by atoms with Gasteiger partial charge in [0.2, 0.25) is 0 Å². The number of aromatic nitrogens is 1. The first kappa shape index (κ1) is 10.7. The van der Waals surface area contributed by atoms with E-state index in [-0.39, 0.29) is 0 Å². The van der Waals surface area contributed by atoms with Crippen LogP contribution in [0.2, 0.25) is 0 Å². The number of nitrogens with zero attached hydrogens (tertiary/aromatic N) is 2. The van der Waals surface area contributed by atoms with Gasteiger partial charge in [-0.2, -0.15) is 0 Å². The number of thiazole rings is 1. The minimum absolute atomic E-state index is 0.631. The van der Waals surface area contributed by atoms with Crippen molar-refractivity contribution in [1.29, 1.82) is 0 Å². The summed E-state index contributed by atoms with van der Waals surface area (Å²) in [6.45, 7) is 6.84. The van der Waals surface area contributed by atoms with Gasteiger partial charge in [-0.15, -0.1) is 11.3 Å². The largest absolute Gasteiger partial charge is 0.312 e. The smallest absolute Gasteiger partial charge is 0.0798 e. The van der Waals surface area contributed by atoms with E-state index < -0.39 is 0 Å². The van der Waals surface area contributed by atoms with E-state index in [0.29, 0.717) is 6.04 Å². The van der Waals surface area contributed by atoms with Crippen molar-refractivity contribution in [2.75, 3.05) is 19.6 Å². The van der Waals surface area contributed by atoms with Crippen LogP contribution < -0.4 is 5.32 Å². The third-order valence-electron chi connectivity index (χ3n) is 3.46. The van der Waals surface area contributed by atoms with Crippen LogP contribution in [0.3, 0.4) is 0 Å². The first-order chi connectivity index (χ1) is 7.83. The van der Waals surface area contributed by atoms with E-state index in [1.165, 1.54) is 36.5 Å².